The van der Waals surface area contributed by atoms with Crippen LogP contribution in [0.2, 0.25) is 5.15 Å². The maximum atomic E-state index is 6.66. The molecule has 0 amide bonds. The summed E-state index contributed by atoms with van der Waals surface area (Å²) in [4.78, 5) is 0. The number of halogens is 1. The third-order valence-corrected chi connectivity index (χ3v) is 5.46. The number of hydrogen-bond acceptors (Lipinski definition) is 5. The number of hydrogen-bond donors (Lipinski definition) is 1. The van der Waals surface area contributed by atoms with Crippen molar-refractivity contribution in [3.8, 4) is 5.69 Å². The van der Waals surface area contributed by atoms with Crippen LogP contribution < -0.4 is 0 Å². The molecule has 1 N–H and O–H groups in total. The molecule has 1 aromatic carbocycles. The first-order chi connectivity index (χ1) is 13.5. The molecule has 28 heavy (non-hydrogen) atoms. The Kier molecular flexibility index (Phi) is 5.18. The highest BCUT2D eigenvalue weighted by Gasteiger charge is 2.24. The number of H-pyrrole nitrogens is 1. The van der Waals surface area contributed by atoms with E-state index in [1.54, 1.807) is 15.6 Å². The van der Waals surface area contributed by atoms with Gasteiger partial charge in [0.05, 0.1) is 23.2 Å². The van der Waals surface area contributed by atoms with Gasteiger partial charge in [0.25, 0.3) is 0 Å². The largest absolute Gasteiger partial charge is 0.370 e. The minimum absolute atomic E-state index is 0.0978. The fraction of sp³-hybridized carbons (Fsp3) is 0.368. The summed E-state index contributed by atoms with van der Waals surface area (Å²) in [6.45, 7) is 6.71. The number of ether oxygens (including phenoxy) is 1. The van der Waals surface area contributed by atoms with Gasteiger partial charge in [-0.15, -0.1) is 0 Å². The molecule has 7 nitrogen and oxygen atoms in total. The van der Waals surface area contributed by atoms with E-state index in [1.165, 1.54) is 0 Å². The van der Waals surface area contributed by atoms with E-state index in [0.29, 0.717) is 15.7 Å². The third kappa shape index (κ3) is 3.43. The van der Waals surface area contributed by atoms with Crippen LogP contribution in [-0.4, -0.2) is 37.5 Å². The molecule has 1 atom stereocenters. The first-order valence-electron chi connectivity index (χ1n) is 9.11. The van der Waals surface area contributed by atoms with Crippen LogP contribution in [0, 0.1) is 25.5 Å². The van der Waals surface area contributed by atoms with Gasteiger partial charge in [-0.05, 0) is 63.0 Å². The molecule has 1 saturated heterocycles. The molecule has 0 bridgehead atoms. The molecular weight excluding hydrogens is 396 g/mol. The Balaban J connectivity index is 1.72. The molecule has 1 fully saturated rings. The van der Waals surface area contributed by atoms with Crippen LogP contribution in [0.3, 0.4) is 0 Å². The van der Waals surface area contributed by atoms with Crippen LogP contribution in [0.1, 0.15) is 47.2 Å². The van der Waals surface area contributed by atoms with Crippen LogP contribution in [0.5, 0.6) is 0 Å². The predicted molar refractivity (Wildman–Crippen MR) is 111 cm³/mol. The van der Waals surface area contributed by atoms with E-state index in [0.717, 1.165) is 47.5 Å². The number of aryl methyl sites for hydroxylation is 3. The second-order valence-electron chi connectivity index (χ2n) is 6.94. The average molecular weight is 417 g/mol. The van der Waals surface area contributed by atoms with Crippen molar-refractivity contribution in [2.75, 3.05) is 6.61 Å². The highest BCUT2D eigenvalue weighted by Crippen LogP contribution is 2.28. The summed E-state index contributed by atoms with van der Waals surface area (Å²) >= 11 is 12.0. The SMILES string of the molecule is Cc1ccc(C)c(-n2nc(C)c(C=Nn3c([C@H]4CCCO4)n[nH]c3=S)c2Cl)c1. The van der Waals surface area contributed by atoms with E-state index in [1.807, 2.05) is 20.8 Å². The summed E-state index contributed by atoms with van der Waals surface area (Å²) < 4.78 is 9.47. The van der Waals surface area contributed by atoms with E-state index in [-0.39, 0.29) is 6.10 Å². The van der Waals surface area contributed by atoms with Gasteiger partial charge in [0.2, 0.25) is 4.77 Å². The molecule has 0 radical (unpaired) electrons. The smallest absolute Gasteiger partial charge is 0.216 e. The number of nitrogens with zero attached hydrogens (tertiary/aromatic N) is 5. The molecule has 9 heteroatoms. The van der Waals surface area contributed by atoms with Crippen LogP contribution in [-0.2, 0) is 4.74 Å². The Morgan fingerprint density at radius 3 is 2.93 bits per heavy atom. The van der Waals surface area contributed by atoms with Crippen LogP contribution in [0.25, 0.3) is 5.69 Å². The summed E-state index contributed by atoms with van der Waals surface area (Å²) in [6, 6.07) is 6.19. The summed E-state index contributed by atoms with van der Waals surface area (Å²) in [7, 11) is 0. The highest BCUT2D eigenvalue weighted by atomic mass is 35.5. The van der Waals surface area contributed by atoms with Gasteiger partial charge < -0.3 is 4.74 Å². The Hall–Kier alpha value is -2.29. The minimum Gasteiger partial charge on any atom is -0.370 e. The van der Waals surface area contributed by atoms with Crippen LogP contribution >= 0.6 is 23.8 Å². The molecular formula is C19H21ClN6OS. The number of benzene rings is 1. The summed E-state index contributed by atoms with van der Waals surface area (Å²) in [5.74, 6) is 0.675. The summed E-state index contributed by atoms with van der Waals surface area (Å²) in [5, 5.41) is 16.7. The molecule has 146 valence electrons. The highest BCUT2D eigenvalue weighted by molar-refractivity contribution is 7.71. The van der Waals surface area contributed by atoms with Gasteiger partial charge in [-0.3, -0.25) is 5.10 Å². The zero-order valence-corrected chi connectivity index (χ0v) is 17.5. The van der Waals surface area contributed by atoms with E-state index in [2.05, 4.69) is 38.6 Å². The molecule has 2 aromatic heterocycles. The predicted octanol–water partition coefficient (Wildman–Crippen LogP) is 4.44. The number of aromatic amines is 1. The van der Waals surface area contributed by atoms with Gasteiger partial charge in [-0.2, -0.15) is 20.0 Å². The summed E-state index contributed by atoms with van der Waals surface area (Å²) in [5.41, 5.74) is 4.71. The lowest BCUT2D eigenvalue weighted by atomic mass is 10.1. The van der Waals surface area contributed by atoms with Gasteiger partial charge in [0.1, 0.15) is 11.3 Å². The van der Waals surface area contributed by atoms with E-state index in [4.69, 9.17) is 28.6 Å². The zero-order chi connectivity index (χ0) is 19.8. The zero-order valence-electron chi connectivity index (χ0n) is 15.9. The van der Waals surface area contributed by atoms with Gasteiger partial charge in [-0.1, -0.05) is 23.7 Å². The molecule has 1 aliphatic rings. The van der Waals surface area contributed by atoms with Crippen LogP contribution in [0.4, 0.5) is 0 Å². The number of nitrogens with one attached hydrogen (secondary N) is 1. The number of aromatic nitrogens is 5. The van der Waals surface area contributed by atoms with Crippen molar-refractivity contribution < 1.29 is 4.74 Å². The summed E-state index contributed by atoms with van der Waals surface area (Å²) in [6.07, 6.45) is 3.48. The maximum Gasteiger partial charge on any atom is 0.216 e. The molecule has 0 spiro atoms. The van der Waals surface area contributed by atoms with Gasteiger partial charge >= 0.3 is 0 Å². The fourth-order valence-corrected chi connectivity index (χ4v) is 3.79. The van der Waals surface area contributed by atoms with Crippen molar-refractivity contribution in [1.82, 2.24) is 24.7 Å². The normalized spacial score (nSPS) is 17.1. The quantitative estimate of drug-likeness (QED) is 0.504. The monoisotopic (exact) mass is 416 g/mol. The van der Waals surface area contributed by atoms with Crippen molar-refractivity contribution in [2.45, 2.75) is 39.7 Å². The first kappa shape index (κ1) is 19.0. The second-order valence-corrected chi connectivity index (χ2v) is 7.68. The molecule has 3 aromatic rings. The molecule has 0 saturated carbocycles. The lowest BCUT2D eigenvalue weighted by Gasteiger charge is -2.08. The molecule has 1 aliphatic heterocycles. The fourth-order valence-electron chi connectivity index (χ4n) is 3.29. The third-order valence-electron chi connectivity index (χ3n) is 4.84. The number of rotatable bonds is 4. The molecule has 0 unspecified atom stereocenters. The Bertz CT molecular complexity index is 1110. The Morgan fingerprint density at radius 2 is 2.18 bits per heavy atom. The van der Waals surface area contributed by atoms with Gasteiger partial charge in [0.15, 0.2) is 5.82 Å². The Labute approximate surface area is 173 Å². The van der Waals surface area contributed by atoms with Crippen molar-refractivity contribution in [2.24, 2.45) is 5.10 Å². The maximum absolute atomic E-state index is 6.66. The molecule has 4 rings (SSSR count). The lowest BCUT2D eigenvalue weighted by Crippen LogP contribution is -2.05. The molecule has 0 aliphatic carbocycles. The minimum atomic E-state index is -0.0978. The van der Waals surface area contributed by atoms with Crippen molar-refractivity contribution in [3.63, 3.8) is 0 Å². The van der Waals surface area contributed by atoms with Crippen LogP contribution in [0.15, 0.2) is 23.3 Å². The van der Waals surface area contributed by atoms with Gasteiger partial charge in [-0.25, -0.2) is 4.68 Å². The van der Waals surface area contributed by atoms with E-state index >= 15 is 0 Å². The topological polar surface area (TPSA) is 73.0 Å². The second kappa shape index (κ2) is 7.62. The average Bonchev–Trinajstić information content (AvgIpc) is 3.37. The Morgan fingerprint density at radius 1 is 1.36 bits per heavy atom. The van der Waals surface area contributed by atoms with Crippen molar-refractivity contribution in [3.05, 3.63) is 56.3 Å². The molecule has 3 heterocycles. The van der Waals surface area contributed by atoms with E-state index in [9.17, 15) is 0 Å². The van der Waals surface area contributed by atoms with Crippen molar-refractivity contribution >= 4 is 30.0 Å². The standard InChI is InChI=1S/C19H21ClN6OS/c1-11-6-7-12(2)15(9-11)25-17(20)14(13(3)24-25)10-21-26-18(22-23-19(26)28)16-5-4-8-27-16/h6-7,9-10,16H,4-5,8H2,1-3H3,(H,23,28)/t16-/m1/s1. The first-order valence-corrected chi connectivity index (χ1v) is 9.90. The lowest BCUT2D eigenvalue weighted by molar-refractivity contribution is 0.102. The van der Waals surface area contributed by atoms with Gasteiger partial charge in [0, 0.05) is 6.61 Å². The van der Waals surface area contributed by atoms with Crippen molar-refractivity contribution in [1.29, 1.82) is 0 Å². The van der Waals surface area contributed by atoms with E-state index < -0.39 is 0 Å².